The molecule has 1 atom stereocenters. The van der Waals surface area contributed by atoms with Gasteiger partial charge in [-0.1, -0.05) is 12.0 Å². The summed E-state index contributed by atoms with van der Waals surface area (Å²) in [5, 5.41) is 3.55. The van der Waals surface area contributed by atoms with E-state index in [2.05, 4.69) is 16.9 Å². The molecule has 0 bridgehead atoms. The molecule has 1 heterocycles. The molecule has 2 fully saturated rings. The Morgan fingerprint density at radius 1 is 1.54 bits per heavy atom. The van der Waals surface area contributed by atoms with E-state index in [0.717, 1.165) is 18.9 Å². The molecule has 0 amide bonds. The molecule has 0 aromatic carbocycles. The third kappa shape index (κ3) is 1.64. The van der Waals surface area contributed by atoms with Crippen LogP contribution < -0.4 is 0 Å². The van der Waals surface area contributed by atoms with Gasteiger partial charge in [0.25, 0.3) is 0 Å². The van der Waals surface area contributed by atoms with Gasteiger partial charge in [-0.25, -0.2) is 0 Å². The highest BCUT2D eigenvalue weighted by Crippen LogP contribution is 2.52. The molecule has 0 aromatic heterocycles. The average Bonchev–Trinajstić information content (AvgIpc) is 2.45. The van der Waals surface area contributed by atoms with Crippen molar-refractivity contribution in [2.75, 3.05) is 13.2 Å². The van der Waals surface area contributed by atoms with Crippen LogP contribution in [-0.2, 0) is 4.74 Å². The van der Waals surface area contributed by atoms with Crippen LogP contribution in [0.2, 0.25) is 0 Å². The molecule has 4 heteroatoms. The van der Waals surface area contributed by atoms with Gasteiger partial charge in [-0.2, -0.15) is 0 Å². The third-order valence-electron chi connectivity index (χ3n) is 3.20. The molecule has 1 spiro atoms. The second-order valence-electron chi connectivity index (χ2n) is 4.56. The van der Waals surface area contributed by atoms with Crippen molar-refractivity contribution in [3.05, 3.63) is 10.4 Å². The summed E-state index contributed by atoms with van der Waals surface area (Å²) in [7, 11) is 0. The van der Waals surface area contributed by atoms with Gasteiger partial charge in [-0.15, -0.1) is 0 Å². The predicted octanol–water partition coefficient (Wildman–Crippen LogP) is 2.50. The molecular formula is C9H15N3O. The fraction of sp³-hybridized carbons (Fsp3) is 1.00. The molecule has 72 valence electrons. The molecule has 0 N–H and O–H groups in total. The molecule has 13 heavy (non-hydrogen) atoms. The van der Waals surface area contributed by atoms with Gasteiger partial charge in [0.1, 0.15) is 0 Å². The Hall–Kier alpha value is -0.730. The summed E-state index contributed by atoms with van der Waals surface area (Å²) in [6, 6.07) is 0. The second kappa shape index (κ2) is 3.20. The van der Waals surface area contributed by atoms with E-state index in [4.69, 9.17) is 10.3 Å². The smallest absolute Gasteiger partial charge is 0.0637 e. The first-order valence-corrected chi connectivity index (χ1v) is 4.87. The van der Waals surface area contributed by atoms with Crippen molar-refractivity contribution in [1.29, 1.82) is 0 Å². The minimum absolute atomic E-state index is 0.184. The fourth-order valence-electron chi connectivity index (χ4n) is 2.84. The highest BCUT2D eigenvalue weighted by molar-refractivity contribution is 4.97. The molecule has 2 rings (SSSR count). The molecule has 1 aliphatic carbocycles. The molecule has 1 saturated heterocycles. The van der Waals surface area contributed by atoms with Crippen molar-refractivity contribution in [2.45, 2.75) is 32.3 Å². The van der Waals surface area contributed by atoms with Crippen LogP contribution in [0.15, 0.2) is 5.11 Å². The maximum absolute atomic E-state index is 8.17. The SMILES string of the molecule is CC1CC2(CO[C@@H](CN=[N+]=[N-])C2)C1. The van der Waals surface area contributed by atoms with Gasteiger partial charge in [0.15, 0.2) is 0 Å². The van der Waals surface area contributed by atoms with Gasteiger partial charge in [0.05, 0.1) is 19.3 Å². The highest BCUT2D eigenvalue weighted by atomic mass is 16.5. The largest absolute Gasteiger partial charge is 0.377 e. The lowest BCUT2D eigenvalue weighted by Crippen LogP contribution is -2.36. The quantitative estimate of drug-likeness (QED) is 0.367. The Morgan fingerprint density at radius 2 is 2.31 bits per heavy atom. The molecule has 0 unspecified atom stereocenters. The monoisotopic (exact) mass is 181 g/mol. The van der Waals surface area contributed by atoms with Gasteiger partial charge in [-0.3, -0.25) is 0 Å². The van der Waals surface area contributed by atoms with E-state index in [1.54, 1.807) is 0 Å². The van der Waals surface area contributed by atoms with Crippen LogP contribution in [0.4, 0.5) is 0 Å². The summed E-state index contributed by atoms with van der Waals surface area (Å²) in [5.74, 6) is 0.863. The Balaban J connectivity index is 1.84. The summed E-state index contributed by atoms with van der Waals surface area (Å²) in [6.45, 7) is 3.67. The summed E-state index contributed by atoms with van der Waals surface area (Å²) < 4.78 is 5.60. The van der Waals surface area contributed by atoms with Crippen LogP contribution in [0.5, 0.6) is 0 Å². The summed E-state index contributed by atoms with van der Waals surface area (Å²) >= 11 is 0. The van der Waals surface area contributed by atoms with E-state index in [1.165, 1.54) is 12.8 Å². The van der Waals surface area contributed by atoms with E-state index in [0.29, 0.717) is 12.0 Å². The van der Waals surface area contributed by atoms with E-state index in [1.807, 2.05) is 0 Å². The molecular weight excluding hydrogens is 166 g/mol. The third-order valence-corrected chi connectivity index (χ3v) is 3.20. The molecule has 0 aromatic rings. The maximum Gasteiger partial charge on any atom is 0.0637 e. The van der Waals surface area contributed by atoms with Gasteiger partial charge < -0.3 is 4.74 Å². The van der Waals surface area contributed by atoms with Gasteiger partial charge in [0.2, 0.25) is 0 Å². The Kier molecular flexibility index (Phi) is 2.18. The van der Waals surface area contributed by atoms with Crippen molar-refractivity contribution < 1.29 is 4.74 Å². The van der Waals surface area contributed by atoms with E-state index >= 15 is 0 Å². The van der Waals surface area contributed by atoms with Crippen molar-refractivity contribution >= 4 is 0 Å². The Bertz CT molecular complexity index is 241. The highest BCUT2D eigenvalue weighted by Gasteiger charge is 2.47. The normalized spacial score (nSPS) is 42.8. The Labute approximate surface area is 77.9 Å². The fourth-order valence-corrected chi connectivity index (χ4v) is 2.84. The lowest BCUT2D eigenvalue weighted by atomic mass is 9.62. The Morgan fingerprint density at radius 3 is 2.92 bits per heavy atom. The number of hydrogen-bond acceptors (Lipinski definition) is 2. The zero-order valence-corrected chi connectivity index (χ0v) is 7.94. The van der Waals surface area contributed by atoms with Gasteiger partial charge in [0, 0.05) is 4.91 Å². The number of azide groups is 1. The number of nitrogens with zero attached hydrogens (tertiary/aromatic N) is 3. The van der Waals surface area contributed by atoms with Crippen LogP contribution in [0.25, 0.3) is 10.4 Å². The van der Waals surface area contributed by atoms with Crippen LogP contribution in [-0.4, -0.2) is 19.3 Å². The van der Waals surface area contributed by atoms with Crippen LogP contribution in [0.1, 0.15) is 26.2 Å². The van der Waals surface area contributed by atoms with E-state index < -0.39 is 0 Å². The predicted molar refractivity (Wildman–Crippen MR) is 49.2 cm³/mol. The van der Waals surface area contributed by atoms with Crippen molar-refractivity contribution in [1.82, 2.24) is 0 Å². The average molecular weight is 181 g/mol. The van der Waals surface area contributed by atoms with E-state index in [9.17, 15) is 0 Å². The standard InChI is InChI=1S/C9H15N3O/c1-7-2-9(3-7)4-8(13-6-9)5-11-12-10/h7-8H,2-6H2,1H3/t7?,8-,9?/m1/s1. The summed E-state index contributed by atoms with van der Waals surface area (Å²) in [6.07, 6.45) is 3.86. The molecule has 1 aliphatic heterocycles. The zero-order valence-electron chi connectivity index (χ0n) is 7.94. The van der Waals surface area contributed by atoms with Crippen molar-refractivity contribution in [3.63, 3.8) is 0 Å². The number of hydrogen-bond donors (Lipinski definition) is 0. The first kappa shape index (κ1) is 8.85. The topological polar surface area (TPSA) is 58.0 Å². The van der Waals surface area contributed by atoms with E-state index in [-0.39, 0.29) is 6.10 Å². The summed E-state index contributed by atoms with van der Waals surface area (Å²) in [5.41, 5.74) is 8.63. The first-order valence-electron chi connectivity index (χ1n) is 4.87. The van der Waals surface area contributed by atoms with Crippen molar-refractivity contribution in [3.8, 4) is 0 Å². The molecule has 1 saturated carbocycles. The lowest BCUT2D eigenvalue weighted by Gasteiger charge is -2.42. The van der Waals surface area contributed by atoms with Crippen LogP contribution in [0.3, 0.4) is 0 Å². The van der Waals surface area contributed by atoms with Crippen LogP contribution >= 0.6 is 0 Å². The minimum atomic E-state index is 0.184. The molecule has 2 aliphatic rings. The maximum atomic E-state index is 8.17. The first-order chi connectivity index (χ1) is 6.24. The second-order valence-corrected chi connectivity index (χ2v) is 4.56. The number of rotatable bonds is 2. The van der Waals surface area contributed by atoms with Gasteiger partial charge in [-0.05, 0) is 36.1 Å². The lowest BCUT2D eigenvalue weighted by molar-refractivity contribution is 0.0392. The molecule has 0 radical (unpaired) electrons. The van der Waals surface area contributed by atoms with Crippen LogP contribution in [0, 0.1) is 11.3 Å². The summed E-state index contributed by atoms with van der Waals surface area (Å²) in [4.78, 5) is 2.75. The number of ether oxygens (including phenoxy) is 1. The van der Waals surface area contributed by atoms with Crippen molar-refractivity contribution in [2.24, 2.45) is 16.4 Å². The molecule has 4 nitrogen and oxygen atoms in total. The van der Waals surface area contributed by atoms with Gasteiger partial charge >= 0.3 is 0 Å². The zero-order chi connectivity index (χ0) is 9.31. The minimum Gasteiger partial charge on any atom is -0.377 e.